The summed E-state index contributed by atoms with van der Waals surface area (Å²) in [6.45, 7) is 5.99. The third-order valence-corrected chi connectivity index (χ3v) is 5.47. The van der Waals surface area contributed by atoms with Crippen molar-refractivity contribution in [2.45, 2.75) is 32.4 Å². The molecule has 0 amide bonds. The molecule has 7 nitrogen and oxygen atoms in total. The van der Waals surface area contributed by atoms with Crippen molar-refractivity contribution in [2.24, 2.45) is 4.99 Å². The molecule has 0 bridgehead atoms. The molecule has 164 valence electrons. The molecule has 1 aromatic carbocycles. The molecule has 2 N–H and O–H groups in total. The van der Waals surface area contributed by atoms with E-state index in [1.807, 2.05) is 25.1 Å². The average molecular weight is 425 g/mol. The van der Waals surface area contributed by atoms with E-state index in [-0.39, 0.29) is 11.9 Å². The molecule has 31 heavy (non-hydrogen) atoms. The Morgan fingerprint density at radius 3 is 2.81 bits per heavy atom. The van der Waals surface area contributed by atoms with Gasteiger partial charge in [-0.05, 0) is 62.7 Å². The van der Waals surface area contributed by atoms with E-state index in [9.17, 15) is 4.39 Å². The molecule has 3 heterocycles. The minimum absolute atomic E-state index is 0.160. The summed E-state index contributed by atoms with van der Waals surface area (Å²) in [4.78, 5) is 11.1. The van der Waals surface area contributed by atoms with Crippen LogP contribution < -0.4 is 10.6 Å². The van der Waals surface area contributed by atoms with Crippen molar-refractivity contribution in [3.05, 3.63) is 72.5 Å². The Balaban J connectivity index is 1.42. The molecule has 3 aromatic rings. The fraction of sp³-hybridized carbons (Fsp3) is 0.391. The summed E-state index contributed by atoms with van der Waals surface area (Å²) in [5, 5.41) is 6.71. The molecule has 1 fully saturated rings. The number of hydrogen-bond acceptors (Lipinski definition) is 4. The minimum atomic E-state index is -0.296. The van der Waals surface area contributed by atoms with Crippen LogP contribution in [-0.4, -0.2) is 46.6 Å². The van der Waals surface area contributed by atoms with Gasteiger partial charge in [0.15, 0.2) is 5.96 Å². The Morgan fingerprint density at radius 2 is 2.13 bits per heavy atom. The summed E-state index contributed by atoms with van der Waals surface area (Å²) in [6, 6.07) is 9.29. The van der Waals surface area contributed by atoms with E-state index in [4.69, 9.17) is 4.42 Å². The lowest BCUT2D eigenvalue weighted by molar-refractivity contribution is 0.215. The fourth-order valence-corrected chi connectivity index (χ4v) is 3.91. The van der Waals surface area contributed by atoms with Gasteiger partial charge in [-0.25, -0.2) is 14.4 Å². The highest BCUT2D eigenvalue weighted by atomic mass is 19.1. The highest BCUT2D eigenvalue weighted by Crippen LogP contribution is 2.24. The summed E-state index contributed by atoms with van der Waals surface area (Å²) in [6.07, 6.45) is 9.08. The lowest BCUT2D eigenvalue weighted by atomic mass is 10.2. The molecule has 2 aromatic heterocycles. The number of aromatic nitrogens is 2. The molecule has 1 unspecified atom stereocenters. The van der Waals surface area contributed by atoms with Crippen LogP contribution in [0.2, 0.25) is 0 Å². The van der Waals surface area contributed by atoms with Crippen LogP contribution in [0, 0.1) is 5.82 Å². The summed E-state index contributed by atoms with van der Waals surface area (Å²) in [7, 11) is 0. The van der Waals surface area contributed by atoms with E-state index in [1.165, 1.54) is 18.9 Å². The molecule has 0 saturated carbocycles. The summed E-state index contributed by atoms with van der Waals surface area (Å²) < 4.78 is 21.9. The Labute approximate surface area is 182 Å². The van der Waals surface area contributed by atoms with Crippen LogP contribution in [-0.2, 0) is 6.54 Å². The zero-order chi connectivity index (χ0) is 21.5. The van der Waals surface area contributed by atoms with Crippen LogP contribution in [0.1, 0.15) is 37.1 Å². The van der Waals surface area contributed by atoms with Gasteiger partial charge in [0, 0.05) is 25.5 Å². The maximum absolute atomic E-state index is 14.5. The van der Waals surface area contributed by atoms with Crippen molar-refractivity contribution in [1.82, 2.24) is 25.1 Å². The second kappa shape index (κ2) is 10.3. The number of imidazole rings is 1. The lowest BCUT2D eigenvalue weighted by Crippen LogP contribution is -2.42. The van der Waals surface area contributed by atoms with Gasteiger partial charge in [0.2, 0.25) is 0 Å². The van der Waals surface area contributed by atoms with E-state index in [2.05, 4.69) is 25.5 Å². The minimum Gasteiger partial charge on any atom is -0.468 e. The normalized spacial score (nSPS) is 15.9. The first-order valence-corrected chi connectivity index (χ1v) is 10.8. The van der Waals surface area contributed by atoms with Crippen LogP contribution in [0.5, 0.6) is 0 Å². The lowest BCUT2D eigenvalue weighted by Gasteiger charge is -2.26. The quantitative estimate of drug-likeness (QED) is 0.428. The van der Waals surface area contributed by atoms with Gasteiger partial charge in [-0.3, -0.25) is 4.90 Å². The van der Waals surface area contributed by atoms with Crippen molar-refractivity contribution < 1.29 is 8.81 Å². The molecule has 0 radical (unpaired) electrons. The smallest absolute Gasteiger partial charge is 0.191 e. The van der Waals surface area contributed by atoms with Crippen LogP contribution >= 0.6 is 0 Å². The van der Waals surface area contributed by atoms with Crippen LogP contribution in [0.15, 0.2) is 64.7 Å². The van der Waals surface area contributed by atoms with Crippen molar-refractivity contribution >= 4 is 5.96 Å². The van der Waals surface area contributed by atoms with Gasteiger partial charge >= 0.3 is 0 Å². The van der Waals surface area contributed by atoms with E-state index in [0.29, 0.717) is 24.7 Å². The number of halogens is 1. The molecule has 0 spiro atoms. The Bertz CT molecular complexity index is 964. The van der Waals surface area contributed by atoms with Crippen molar-refractivity contribution in [3.8, 4) is 5.69 Å². The van der Waals surface area contributed by atoms with E-state index >= 15 is 0 Å². The van der Waals surface area contributed by atoms with E-state index in [1.54, 1.807) is 35.6 Å². The molecule has 1 atom stereocenters. The number of rotatable bonds is 8. The molecule has 8 heteroatoms. The SMILES string of the molecule is CCNC(=NCc1ccc(-n2ccnc2)c(F)c1)NCC(c1ccco1)N1CCCC1. The first-order valence-electron chi connectivity index (χ1n) is 10.8. The van der Waals surface area contributed by atoms with Gasteiger partial charge in [0.05, 0.1) is 30.9 Å². The largest absolute Gasteiger partial charge is 0.468 e. The second-order valence-corrected chi connectivity index (χ2v) is 7.61. The van der Waals surface area contributed by atoms with Gasteiger partial charge in [-0.2, -0.15) is 0 Å². The van der Waals surface area contributed by atoms with E-state index in [0.717, 1.165) is 31.0 Å². The Morgan fingerprint density at radius 1 is 1.26 bits per heavy atom. The number of aliphatic imine (C=N–C) groups is 1. The predicted octanol–water partition coefficient (Wildman–Crippen LogP) is 3.50. The maximum Gasteiger partial charge on any atom is 0.191 e. The third kappa shape index (κ3) is 5.32. The molecular formula is C23H29FN6O. The Kier molecular flexibility index (Phi) is 6.99. The molecule has 1 aliphatic rings. The topological polar surface area (TPSA) is 70.6 Å². The molecular weight excluding hydrogens is 395 g/mol. The van der Waals surface area contributed by atoms with Crippen LogP contribution in [0.4, 0.5) is 4.39 Å². The van der Waals surface area contributed by atoms with Gasteiger partial charge < -0.3 is 19.6 Å². The standard InChI is InChI=1S/C23H29FN6O/c1-2-26-23(28-16-21(22-6-5-13-31-22)29-10-3-4-11-29)27-15-18-7-8-20(19(24)14-18)30-12-9-25-17-30/h5-9,12-14,17,21H,2-4,10-11,15-16H2,1H3,(H2,26,27,28). The molecule has 1 saturated heterocycles. The van der Waals surface area contributed by atoms with Crippen LogP contribution in [0.3, 0.4) is 0 Å². The highest BCUT2D eigenvalue weighted by molar-refractivity contribution is 5.79. The summed E-state index contributed by atoms with van der Waals surface area (Å²) in [5.41, 5.74) is 1.28. The number of nitrogens with zero attached hydrogens (tertiary/aromatic N) is 4. The monoisotopic (exact) mass is 424 g/mol. The highest BCUT2D eigenvalue weighted by Gasteiger charge is 2.25. The summed E-state index contributed by atoms with van der Waals surface area (Å²) in [5.74, 6) is 1.37. The zero-order valence-electron chi connectivity index (χ0n) is 17.8. The number of likely N-dealkylation sites (tertiary alicyclic amines) is 1. The van der Waals surface area contributed by atoms with Crippen molar-refractivity contribution in [1.29, 1.82) is 0 Å². The van der Waals surface area contributed by atoms with Crippen molar-refractivity contribution in [3.63, 3.8) is 0 Å². The third-order valence-electron chi connectivity index (χ3n) is 5.47. The van der Waals surface area contributed by atoms with Crippen LogP contribution in [0.25, 0.3) is 5.69 Å². The zero-order valence-corrected chi connectivity index (χ0v) is 17.8. The number of hydrogen-bond donors (Lipinski definition) is 2. The Hall–Kier alpha value is -3.13. The van der Waals surface area contributed by atoms with Gasteiger partial charge in [-0.1, -0.05) is 6.07 Å². The summed E-state index contributed by atoms with van der Waals surface area (Å²) >= 11 is 0. The van der Waals surface area contributed by atoms with Gasteiger partial charge in [0.1, 0.15) is 11.6 Å². The molecule has 0 aliphatic carbocycles. The second-order valence-electron chi connectivity index (χ2n) is 7.61. The molecule has 1 aliphatic heterocycles. The number of nitrogens with one attached hydrogen (secondary N) is 2. The van der Waals surface area contributed by atoms with Crippen molar-refractivity contribution in [2.75, 3.05) is 26.2 Å². The number of benzene rings is 1. The predicted molar refractivity (Wildman–Crippen MR) is 119 cm³/mol. The molecule has 4 rings (SSSR count). The number of furan rings is 1. The fourth-order valence-electron chi connectivity index (χ4n) is 3.91. The number of guanidine groups is 1. The first-order chi connectivity index (χ1) is 15.2. The van der Waals surface area contributed by atoms with Gasteiger partial charge in [0.25, 0.3) is 0 Å². The average Bonchev–Trinajstić information content (AvgIpc) is 3.56. The van der Waals surface area contributed by atoms with Gasteiger partial charge in [-0.15, -0.1) is 0 Å². The van der Waals surface area contributed by atoms with E-state index < -0.39 is 0 Å². The first kappa shape index (κ1) is 21.1. The maximum atomic E-state index is 14.5.